The Hall–Kier alpha value is -1.03. The minimum Gasteiger partial charge on any atom is 0 e. The van der Waals surface area contributed by atoms with Crippen LogP contribution in [0.1, 0.15) is 73.9 Å². The number of hydrogen-bond donors (Lipinski definition) is 0. The molecule has 0 amide bonds. The van der Waals surface area contributed by atoms with Crippen molar-refractivity contribution in [3.05, 3.63) is 88.8 Å². The molecule has 0 saturated heterocycles. The van der Waals surface area contributed by atoms with Gasteiger partial charge in [-0.25, -0.2) is 0 Å². The first-order valence-electron chi connectivity index (χ1n) is 10.0. The van der Waals surface area contributed by atoms with E-state index in [-0.39, 0.29) is 17.1 Å². The summed E-state index contributed by atoms with van der Waals surface area (Å²) in [5, 5.41) is 0. The molecular formula is C25H28F6MnO3P-. The van der Waals surface area contributed by atoms with E-state index in [1.165, 1.54) is 57.4 Å². The number of rotatable bonds is 0. The van der Waals surface area contributed by atoms with Crippen LogP contribution in [-0.4, -0.2) is 0 Å². The summed E-state index contributed by atoms with van der Waals surface area (Å²) in [6.07, 6.45) is 0. The van der Waals surface area contributed by atoms with Gasteiger partial charge in [0.15, 0.2) is 0 Å². The Balaban J connectivity index is -0.000000663. The fourth-order valence-electron chi connectivity index (χ4n) is 4.55. The van der Waals surface area contributed by atoms with E-state index in [9.17, 15) is 25.2 Å². The molecule has 1 aromatic rings. The maximum Gasteiger partial charge on any atom is 0 e. The average Bonchev–Trinajstić information content (AvgIpc) is 3.08. The molecule has 1 fully saturated rings. The van der Waals surface area contributed by atoms with Crippen molar-refractivity contribution in [1.29, 1.82) is 0 Å². The van der Waals surface area contributed by atoms with E-state index in [0.717, 1.165) is 0 Å². The maximum absolute atomic E-state index is 10.7. The molecule has 3 rings (SSSR count). The predicted octanol–water partition coefficient (Wildman–Crippen LogP) is 9.19. The molecular weight excluding hydrogens is 548 g/mol. The summed E-state index contributed by atoms with van der Waals surface area (Å²) in [4.78, 5) is 0. The summed E-state index contributed by atoms with van der Waals surface area (Å²) >= 11 is 0. The van der Waals surface area contributed by atoms with Gasteiger partial charge in [0.25, 0.3) is 0 Å². The number of hydrogen-bond acceptors (Lipinski definition) is 0. The van der Waals surface area contributed by atoms with Crippen molar-refractivity contribution >= 4 is 7.81 Å². The largest absolute Gasteiger partial charge is 0 e. The van der Waals surface area contributed by atoms with E-state index in [0.29, 0.717) is 5.92 Å². The Morgan fingerprint density at radius 3 is 1.22 bits per heavy atom. The first kappa shape index (κ1) is 39.5. The third-order valence-electron chi connectivity index (χ3n) is 6.59. The molecule has 0 heterocycles. The minimum atomic E-state index is -10.7. The monoisotopic (exact) mass is 576 g/mol. The normalized spacial score (nSPS) is 20.4. The molecule has 201 valence electrons. The summed E-state index contributed by atoms with van der Waals surface area (Å²) in [6, 6.07) is 0. The minimum absolute atomic E-state index is 0. The summed E-state index contributed by atoms with van der Waals surface area (Å²) in [5.41, 5.74) is 9.02. The van der Waals surface area contributed by atoms with Gasteiger partial charge in [-0.05, 0) is 90.7 Å². The molecule has 0 bridgehead atoms. The van der Waals surface area contributed by atoms with Crippen LogP contribution in [0.4, 0.5) is 25.2 Å². The van der Waals surface area contributed by atoms with Crippen molar-refractivity contribution in [2.45, 2.75) is 68.2 Å². The Kier molecular flexibility index (Phi) is 14.4. The SMILES string of the molecule is C[C]1[C](C)[C](C)[C]2[C]([C]1C)c1c(C)c(C)c(C)c(C)c1C2C.F[P-](F)(F)(F)(F)F.[C-]#[O+].[C-]#[O+].[C-]#[O+].[Mn]. The Morgan fingerprint density at radius 2 is 0.861 bits per heavy atom. The first-order chi connectivity index (χ1) is 15.6. The fourth-order valence-corrected chi connectivity index (χ4v) is 4.55. The van der Waals surface area contributed by atoms with Gasteiger partial charge in [-0.2, -0.15) is 0 Å². The molecule has 0 N–H and O–H groups in total. The summed E-state index contributed by atoms with van der Waals surface area (Å²) in [7, 11) is -10.7. The van der Waals surface area contributed by atoms with Crippen LogP contribution in [0, 0.1) is 83.2 Å². The van der Waals surface area contributed by atoms with Crippen LogP contribution >= 0.6 is 7.81 Å². The molecule has 0 aliphatic heterocycles. The Labute approximate surface area is 221 Å². The number of benzene rings is 1. The van der Waals surface area contributed by atoms with Gasteiger partial charge in [-0.3, -0.25) is 0 Å². The molecule has 1 unspecified atom stereocenters. The van der Waals surface area contributed by atoms with Crippen LogP contribution in [0.5, 0.6) is 0 Å². The summed E-state index contributed by atoms with van der Waals surface area (Å²) in [6.45, 7) is 34.3. The van der Waals surface area contributed by atoms with Gasteiger partial charge < -0.3 is 0 Å². The van der Waals surface area contributed by atoms with Crippen molar-refractivity contribution in [3.8, 4) is 0 Å². The molecule has 11 heteroatoms. The van der Waals surface area contributed by atoms with Crippen LogP contribution in [0.15, 0.2) is 0 Å². The van der Waals surface area contributed by atoms with Gasteiger partial charge in [-0.15, -0.1) is 0 Å². The third-order valence-corrected chi connectivity index (χ3v) is 6.59. The number of fused-ring (bicyclic) bond motifs is 3. The average molecular weight is 576 g/mol. The van der Waals surface area contributed by atoms with Crippen LogP contribution in [0.25, 0.3) is 0 Å². The molecule has 36 heavy (non-hydrogen) atoms. The van der Waals surface area contributed by atoms with Gasteiger partial charge in [0, 0.05) is 28.9 Å². The van der Waals surface area contributed by atoms with E-state index < -0.39 is 7.81 Å². The van der Waals surface area contributed by atoms with Gasteiger partial charge in [-0.1, -0.05) is 34.6 Å². The zero-order valence-electron chi connectivity index (χ0n) is 21.4. The van der Waals surface area contributed by atoms with Crippen molar-refractivity contribution in [1.82, 2.24) is 0 Å². The molecule has 7 radical (unpaired) electrons. The van der Waals surface area contributed by atoms with E-state index in [4.69, 9.17) is 14.0 Å². The second-order valence-corrected chi connectivity index (χ2v) is 10.2. The maximum atomic E-state index is 9.87. The second-order valence-electron chi connectivity index (χ2n) is 8.26. The Bertz CT molecular complexity index is 932. The van der Waals surface area contributed by atoms with Crippen LogP contribution in [0.3, 0.4) is 0 Å². The van der Waals surface area contributed by atoms with Gasteiger partial charge >= 0.3 is 66.9 Å². The smallest absolute Gasteiger partial charge is 0 e. The van der Waals surface area contributed by atoms with Crippen molar-refractivity contribution in [3.63, 3.8) is 0 Å². The van der Waals surface area contributed by atoms with E-state index >= 15 is 0 Å². The predicted molar refractivity (Wildman–Crippen MR) is 120 cm³/mol. The van der Waals surface area contributed by atoms with Crippen molar-refractivity contribution in [2.24, 2.45) is 0 Å². The van der Waals surface area contributed by atoms with Crippen LogP contribution in [0.2, 0.25) is 0 Å². The summed E-state index contributed by atoms with van der Waals surface area (Å²) in [5.74, 6) is 9.54. The molecule has 1 atom stereocenters. The molecule has 2 aliphatic carbocycles. The Morgan fingerprint density at radius 1 is 0.556 bits per heavy atom. The van der Waals surface area contributed by atoms with Crippen LogP contribution in [-0.2, 0) is 31.0 Å². The second kappa shape index (κ2) is 13.2. The number of halogens is 6. The zero-order valence-corrected chi connectivity index (χ0v) is 23.5. The fraction of sp³-hybridized carbons (Fsp3) is 0.400. The quantitative estimate of drug-likeness (QED) is 0.0973. The molecule has 3 nitrogen and oxygen atoms in total. The molecule has 0 aromatic heterocycles. The van der Waals surface area contributed by atoms with Gasteiger partial charge in [0.1, 0.15) is 0 Å². The van der Waals surface area contributed by atoms with Gasteiger partial charge in [0.05, 0.1) is 0 Å². The van der Waals surface area contributed by atoms with Crippen molar-refractivity contribution in [2.75, 3.05) is 0 Å². The third kappa shape index (κ3) is 9.69. The standard InChI is InChI=1S/C22H28.3CO.F6P.Mn/c1-10-12(3)16(7)21-19(14(10)5)18(9)20-15(6)11(2)13(4)17(8)22(20)21;3*1-2;1-7(2,3,4,5)6;/h18H,1-9H3;;;;;/q;;;;-1;. The summed E-state index contributed by atoms with van der Waals surface area (Å²) < 4.78 is 81.7. The van der Waals surface area contributed by atoms with E-state index in [1.54, 1.807) is 11.5 Å². The molecule has 0 spiro atoms. The molecule has 2 aliphatic rings. The van der Waals surface area contributed by atoms with E-state index in [1.807, 2.05) is 0 Å². The topological polar surface area (TPSA) is 59.7 Å². The van der Waals surface area contributed by atoms with E-state index in [2.05, 4.69) is 82.3 Å². The van der Waals surface area contributed by atoms with Gasteiger partial charge in [0.2, 0.25) is 0 Å². The first-order valence-corrected chi connectivity index (χ1v) is 12.1. The van der Waals surface area contributed by atoms with Crippen LogP contribution < -0.4 is 0 Å². The zero-order chi connectivity index (χ0) is 28.9. The van der Waals surface area contributed by atoms with Crippen molar-refractivity contribution < 1.29 is 56.2 Å². The molecule has 1 saturated carbocycles. The molecule has 1 aromatic carbocycles.